The SMILES string of the molecule is [B][C@@H]1O[C@@]2(COC)CC(=C)C1C2OC. The maximum atomic E-state index is 5.87. The Morgan fingerprint density at radius 1 is 1.64 bits per heavy atom. The minimum absolute atomic E-state index is 0.00931. The summed E-state index contributed by atoms with van der Waals surface area (Å²) < 4.78 is 16.4. The van der Waals surface area contributed by atoms with Crippen molar-refractivity contribution >= 4 is 7.85 Å². The van der Waals surface area contributed by atoms with E-state index in [1.165, 1.54) is 0 Å². The zero-order valence-electron chi connectivity index (χ0n) is 8.66. The quantitative estimate of drug-likeness (QED) is 0.483. The van der Waals surface area contributed by atoms with Gasteiger partial charge in [0, 0.05) is 32.6 Å². The van der Waals surface area contributed by atoms with Crippen molar-refractivity contribution < 1.29 is 14.2 Å². The van der Waals surface area contributed by atoms with E-state index in [4.69, 9.17) is 22.1 Å². The van der Waals surface area contributed by atoms with Gasteiger partial charge in [-0.25, -0.2) is 0 Å². The number of methoxy groups -OCH3 is 2. The van der Waals surface area contributed by atoms with Crippen LogP contribution in [0.15, 0.2) is 12.2 Å². The molecular formula is C10H15BO3. The van der Waals surface area contributed by atoms with Crippen LogP contribution in [0.4, 0.5) is 0 Å². The molecule has 0 spiro atoms. The Hall–Kier alpha value is -0.315. The van der Waals surface area contributed by atoms with Crippen LogP contribution in [0, 0.1) is 5.92 Å². The van der Waals surface area contributed by atoms with Gasteiger partial charge in [0.1, 0.15) is 13.4 Å². The Labute approximate surface area is 85.8 Å². The van der Waals surface area contributed by atoms with Crippen LogP contribution < -0.4 is 0 Å². The lowest BCUT2D eigenvalue weighted by Crippen LogP contribution is -2.42. The van der Waals surface area contributed by atoms with Gasteiger partial charge in [0.05, 0.1) is 12.7 Å². The molecule has 0 aromatic carbocycles. The molecule has 0 aromatic rings. The van der Waals surface area contributed by atoms with Gasteiger partial charge in [-0.15, -0.1) is 0 Å². The number of fused-ring (bicyclic) bond motifs is 2. The van der Waals surface area contributed by atoms with Crippen LogP contribution in [0.1, 0.15) is 6.42 Å². The molecule has 2 fully saturated rings. The molecule has 2 rings (SSSR count). The van der Waals surface area contributed by atoms with Crippen molar-refractivity contribution in [3.05, 3.63) is 12.2 Å². The van der Waals surface area contributed by atoms with E-state index in [0.29, 0.717) is 6.61 Å². The van der Waals surface area contributed by atoms with Crippen LogP contribution >= 0.6 is 0 Å². The van der Waals surface area contributed by atoms with Crippen molar-refractivity contribution in [2.45, 2.75) is 24.1 Å². The van der Waals surface area contributed by atoms with Gasteiger partial charge in [-0.3, -0.25) is 0 Å². The molecule has 2 aliphatic rings. The fraction of sp³-hybridized carbons (Fsp3) is 0.800. The number of ether oxygens (including phenoxy) is 3. The van der Waals surface area contributed by atoms with E-state index in [2.05, 4.69) is 6.58 Å². The highest BCUT2D eigenvalue weighted by Crippen LogP contribution is 2.51. The van der Waals surface area contributed by atoms with Gasteiger partial charge in [-0.05, 0) is 0 Å². The highest BCUT2D eigenvalue weighted by Gasteiger charge is 2.60. The average Bonchev–Trinajstić information content (AvgIpc) is 2.51. The van der Waals surface area contributed by atoms with Gasteiger partial charge >= 0.3 is 0 Å². The van der Waals surface area contributed by atoms with Crippen LogP contribution in [0.25, 0.3) is 0 Å². The Bertz CT molecular complexity index is 256. The van der Waals surface area contributed by atoms with Crippen molar-refractivity contribution in [1.29, 1.82) is 0 Å². The summed E-state index contributed by atoms with van der Waals surface area (Å²) in [4.78, 5) is 0. The lowest BCUT2D eigenvalue weighted by molar-refractivity contribution is -0.110. The minimum atomic E-state index is -0.398. The van der Waals surface area contributed by atoms with Crippen LogP contribution in [-0.4, -0.2) is 46.4 Å². The molecule has 14 heavy (non-hydrogen) atoms. The molecule has 2 unspecified atom stereocenters. The normalized spacial score (nSPS) is 46.1. The maximum absolute atomic E-state index is 5.87. The third-order valence-electron chi connectivity index (χ3n) is 3.21. The van der Waals surface area contributed by atoms with Crippen molar-refractivity contribution in [2.75, 3.05) is 20.8 Å². The monoisotopic (exact) mass is 194 g/mol. The Kier molecular flexibility index (Phi) is 2.45. The summed E-state index contributed by atoms with van der Waals surface area (Å²) in [6, 6.07) is -0.295. The predicted molar refractivity (Wildman–Crippen MR) is 53.3 cm³/mol. The Morgan fingerprint density at radius 2 is 2.36 bits per heavy atom. The van der Waals surface area contributed by atoms with E-state index in [-0.39, 0.29) is 18.0 Å². The smallest absolute Gasteiger partial charge is 0.121 e. The molecule has 4 atom stereocenters. The standard InChI is InChI=1S/C10H15BO3/c1-6-4-10(5-12-2)8(13-3)7(6)9(11)14-10/h7-9H,1,4-5H2,2-3H3/t7?,8?,9-,10-/m1/s1. The van der Waals surface area contributed by atoms with Gasteiger partial charge in [0.2, 0.25) is 0 Å². The van der Waals surface area contributed by atoms with E-state index >= 15 is 0 Å². The lowest BCUT2D eigenvalue weighted by atomic mass is 9.83. The van der Waals surface area contributed by atoms with E-state index in [9.17, 15) is 0 Å². The molecule has 1 heterocycles. The van der Waals surface area contributed by atoms with Crippen molar-refractivity contribution in [3.63, 3.8) is 0 Å². The highest BCUT2D eigenvalue weighted by atomic mass is 16.6. The van der Waals surface area contributed by atoms with Crippen LogP contribution in [0.2, 0.25) is 0 Å². The summed E-state index contributed by atoms with van der Waals surface area (Å²) in [7, 11) is 9.21. The van der Waals surface area contributed by atoms with E-state index in [1.807, 2.05) is 0 Å². The second-order valence-electron chi connectivity index (χ2n) is 4.10. The van der Waals surface area contributed by atoms with E-state index < -0.39 is 5.60 Å². The summed E-state index contributed by atoms with van der Waals surface area (Å²) in [6.45, 7) is 4.53. The molecule has 1 aliphatic carbocycles. The molecule has 0 aromatic heterocycles. The molecule has 1 aliphatic heterocycles. The molecule has 76 valence electrons. The van der Waals surface area contributed by atoms with Gasteiger partial charge in [0.15, 0.2) is 0 Å². The first-order valence-electron chi connectivity index (χ1n) is 4.77. The second kappa shape index (κ2) is 3.37. The first-order valence-corrected chi connectivity index (χ1v) is 4.77. The molecular weight excluding hydrogens is 179 g/mol. The van der Waals surface area contributed by atoms with Crippen molar-refractivity contribution in [2.24, 2.45) is 5.92 Å². The van der Waals surface area contributed by atoms with Crippen molar-refractivity contribution in [1.82, 2.24) is 0 Å². The molecule has 1 saturated carbocycles. The first-order chi connectivity index (χ1) is 6.64. The summed E-state index contributed by atoms with van der Waals surface area (Å²) in [5, 5.41) is 0. The molecule has 1 saturated heterocycles. The van der Waals surface area contributed by atoms with Gasteiger partial charge in [-0.2, -0.15) is 0 Å². The fourth-order valence-electron chi connectivity index (χ4n) is 2.77. The van der Waals surface area contributed by atoms with Crippen LogP contribution in [0.5, 0.6) is 0 Å². The fourth-order valence-corrected chi connectivity index (χ4v) is 2.77. The number of hydrogen-bond acceptors (Lipinski definition) is 3. The summed E-state index contributed by atoms with van der Waals surface area (Å²) in [5.41, 5.74) is 0.720. The third-order valence-corrected chi connectivity index (χ3v) is 3.21. The average molecular weight is 194 g/mol. The second-order valence-corrected chi connectivity index (χ2v) is 4.10. The molecule has 2 bridgehead atoms. The predicted octanol–water partition coefficient (Wildman–Crippen LogP) is 0.487. The largest absolute Gasteiger partial charge is 0.382 e. The summed E-state index contributed by atoms with van der Waals surface area (Å²) in [5.74, 6) is 0.121. The highest BCUT2D eigenvalue weighted by molar-refractivity contribution is 6.11. The van der Waals surface area contributed by atoms with E-state index in [1.54, 1.807) is 14.2 Å². The molecule has 3 nitrogen and oxygen atoms in total. The molecule has 4 heteroatoms. The van der Waals surface area contributed by atoms with Crippen LogP contribution in [0.3, 0.4) is 0 Å². The summed E-state index contributed by atoms with van der Waals surface area (Å²) >= 11 is 0. The molecule has 0 N–H and O–H groups in total. The van der Waals surface area contributed by atoms with E-state index in [0.717, 1.165) is 12.0 Å². The Balaban J connectivity index is 2.27. The molecule has 0 amide bonds. The molecule has 2 radical (unpaired) electrons. The van der Waals surface area contributed by atoms with Gasteiger partial charge in [0.25, 0.3) is 0 Å². The third kappa shape index (κ3) is 1.18. The number of rotatable bonds is 3. The zero-order valence-corrected chi connectivity index (χ0v) is 8.66. The van der Waals surface area contributed by atoms with Crippen molar-refractivity contribution in [3.8, 4) is 0 Å². The minimum Gasteiger partial charge on any atom is -0.382 e. The zero-order chi connectivity index (χ0) is 10.3. The summed E-state index contributed by atoms with van der Waals surface area (Å²) in [6.07, 6.45) is 0.780. The van der Waals surface area contributed by atoms with Gasteiger partial charge < -0.3 is 14.2 Å². The first kappa shape index (κ1) is 10.2. The topological polar surface area (TPSA) is 27.7 Å². The Morgan fingerprint density at radius 3 is 2.86 bits per heavy atom. The lowest BCUT2D eigenvalue weighted by Gasteiger charge is -2.31. The maximum Gasteiger partial charge on any atom is 0.121 e. The number of hydrogen-bond donors (Lipinski definition) is 0. The van der Waals surface area contributed by atoms with Crippen LogP contribution in [-0.2, 0) is 14.2 Å². The van der Waals surface area contributed by atoms with Gasteiger partial charge in [-0.1, -0.05) is 12.2 Å².